The van der Waals surface area contributed by atoms with Crippen molar-refractivity contribution in [3.05, 3.63) is 57.6 Å². The average Bonchev–Trinajstić information content (AvgIpc) is 2.80. The van der Waals surface area contributed by atoms with Crippen molar-refractivity contribution in [2.45, 2.75) is 157 Å². The lowest BCUT2D eigenvalue weighted by Gasteiger charge is -2.28. The van der Waals surface area contributed by atoms with E-state index in [-0.39, 0.29) is 28.1 Å². The van der Waals surface area contributed by atoms with Crippen molar-refractivity contribution in [1.82, 2.24) is 0 Å². The predicted octanol–water partition coefficient (Wildman–Crippen LogP) is 10.1. The van der Waals surface area contributed by atoms with E-state index in [2.05, 4.69) is 107 Å². The van der Waals surface area contributed by atoms with Crippen LogP contribution in [0.1, 0.15) is 155 Å². The minimum absolute atomic E-state index is 0.0813. The lowest BCUT2D eigenvalue weighted by Crippen LogP contribution is -2.18. The molecule has 0 aliphatic rings. The van der Waals surface area contributed by atoms with E-state index in [0.29, 0.717) is 11.5 Å². The number of carboxylic acid groups (broad SMARTS) is 1. The molecule has 4 heteroatoms. The fourth-order valence-electron chi connectivity index (χ4n) is 4.98. The highest BCUT2D eigenvalue weighted by Crippen LogP contribution is 2.41. The van der Waals surface area contributed by atoms with E-state index in [0.717, 1.165) is 47.9 Å². The molecule has 0 saturated carbocycles. The topological polar surface area (TPSA) is 77.8 Å². The van der Waals surface area contributed by atoms with E-state index in [4.69, 9.17) is 5.11 Å². The van der Waals surface area contributed by atoms with E-state index < -0.39 is 5.97 Å². The molecule has 0 aromatic heterocycles. The molecule has 41 heavy (non-hydrogen) atoms. The van der Waals surface area contributed by atoms with E-state index in [1.807, 2.05) is 0 Å². The molecule has 4 nitrogen and oxygen atoms in total. The van der Waals surface area contributed by atoms with Crippen LogP contribution in [-0.4, -0.2) is 21.3 Å². The quantitative estimate of drug-likeness (QED) is 0.277. The molecule has 0 amide bonds. The number of unbranched alkanes of at least 4 members (excludes halogenated alkanes) is 3. The molecule has 0 unspecified atom stereocenters. The number of aromatic hydroxyl groups is 2. The van der Waals surface area contributed by atoms with Crippen LogP contribution in [0.3, 0.4) is 0 Å². The summed E-state index contributed by atoms with van der Waals surface area (Å²) in [6.07, 6.45) is 7.05. The lowest BCUT2D eigenvalue weighted by atomic mass is 9.78. The molecule has 0 bridgehead atoms. The smallest absolute Gasteiger partial charge is 0.303 e. The minimum atomic E-state index is -0.745. The van der Waals surface area contributed by atoms with E-state index in [9.17, 15) is 15.0 Å². The summed E-state index contributed by atoms with van der Waals surface area (Å²) < 4.78 is 0. The maximum Gasteiger partial charge on any atom is 0.303 e. The van der Waals surface area contributed by atoms with Crippen molar-refractivity contribution < 1.29 is 20.1 Å². The number of phenolic OH excluding ortho intramolecular Hbond substituents is 2. The van der Waals surface area contributed by atoms with Gasteiger partial charge in [0.1, 0.15) is 11.5 Å². The second-order valence-electron chi connectivity index (χ2n) is 15.7. The van der Waals surface area contributed by atoms with Gasteiger partial charge < -0.3 is 15.3 Å². The van der Waals surface area contributed by atoms with Crippen molar-refractivity contribution in [2.75, 3.05) is 0 Å². The van der Waals surface area contributed by atoms with Gasteiger partial charge in [0.2, 0.25) is 0 Å². The zero-order valence-corrected chi connectivity index (χ0v) is 28.5. The molecule has 3 N–H and O–H groups in total. The Hall–Kier alpha value is -2.49. The summed E-state index contributed by atoms with van der Waals surface area (Å²) >= 11 is 0. The van der Waals surface area contributed by atoms with Gasteiger partial charge in [0.05, 0.1) is 0 Å². The van der Waals surface area contributed by atoms with Crippen LogP contribution in [0.4, 0.5) is 0 Å². The maximum absolute atomic E-state index is 11.0. The third-order valence-electron chi connectivity index (χ3n) is 7.55. The largest absolute Gasteiger partial charge is 0.507 e. The van der Waals surface area contributed by atoms with Gasteiger partial charge in [0.15, 0.2) is 0 Å². The highest BCUT2D eigenvalue weighted by molar-refractivity contribution is 5.66. The van der Waals surface area contributed by atoms with Crippen LogP contribution < -0.4 is 0 Å². The van der Waals surface area contributed by atoms with Gasteiger partial charge in [-0.15, -0.1) is 0 Å². The molecule has 232 valence electrons. The van der Waals surface area contributed by atoms with Gasteiger partial charge in [-0.1, -0.05) is 127 Å². The number of carboxylic acids is 1. The van der Waals surface area contributed by atoms with Crippen LogP contribution in [0.15, 0.2) is 24.3 Å². The van der Waals surface area contributed by atoms with Crippen LogP contribution in [0, 0.1) is 0 Å². The molecule has 2 aromatic carbocycles. The first kappa shape index (κ1) is 36.5. The van der Waals surface area contributed by atoms with Gasteiger partial charge in [-0.25, -0.2) is 0 Å². The Labute approximate surface area is 251 Å². The van der Waals surface area contributed by atoms with Gasteiger partial charge in [-0.05, 0) is 80.7 Å². The van der Waals surface area contributed by atoms with Crippen molar-refractivity contribution in [3.63, 3.8) is 0 Å². The van der Waals surface area contributed by atoms with Crippen LogP contribution in [0.5, 0.6) is 11.5 Å². The first-order valence-electron chi connectivity index (χ1n) is 15.5. The third kappa shape index (κ3) is 11.4. The molecule has 0 fully saturated rings. The van der Waals surface area contributed by atoms with Gasteiger partial charge in [0.25, 0.3) is 0 Å². The van der Waals surface area contributed by atoms with Gasteiger partial charge >= 0.3 is 5.97 Å². The molecule has 0 saturated heterocycles. The number of aliphatic carboxylic acids is 1. The summed E-state index contributed by atoms with van der Waals surface area (Å²) in [5, 5.41) is 29.7. The predicted molar refractivity (Wildman–Crippen MR) is 175 cm³/mol. The molecule has 0 spiro atoms. The number of rotatable bonds is 8. The summed E-state index contributed by atoms with van der Waals surface area (Å²) in [4.78, 5) is 9.37. The Balaban J connectivity index is 0.00000154. The third-order valence-corrected chi connectivity index (χ3v) is 7.55. The van der Waals surface area contributed by atoms with Gasteiger partial charge in [0, 0.05) is 6.42 Å². The standard InChI is InChI=1S/C34H54O2.C3H6O2/c1-31(2,3)25-19-23(20-26(29(25)35)32(4,5)6)17-15-13-14-16-18-24-21-27(33(7,8)9)30(36)28(22-24)34(10,11)12;1-2-3(4)5/h19-22,35-36H,13-18H2,1-12H3;2H2,1H3,(H,4,5). The number of benzene rings is 2. The molecule has 0 aliphatic heterocycles. The monoisotopic (exact) mass is 568 g/mol. The molecule has 0 heterocycles. The van der Waals surface area contributed by atoms with Gasteiger partial charge in [-0.2, -0.15) is 0 Å². The number of carbonyl (C=O) groups is 1. The first-order chi connectivity index (χ1) is 18.5. The molecular formula is C37H60O4. The summed E-state index contributed by atoms with van der Waals surface area (Å²) in [7, 11) is 0. The molecule has 2 aromatic rings. The maximum atomic E-state index is 11.0. The molecule has 0 atom stereocenters. The number of phenols is 2. The van der Waals surface area contributed by atoms with E-state index >= 15 is 0 Å². The van der Waals surface area contributed by atoms with Crippen LogP contribution in [0.25, 0.3) is 0 Å². The zero-order valence-electron chi connectivity index (χ0n) is 28.5. The Bertz CT molecular complexity index is 990. The summed E-state index contributed by atoms with van der Waals surface area (Å²) in [6, 6.07) is 8.90. The molecule has 2 rings (SSSR count). The number of hydrogen-bond donors (Lipinski definition) is 3. The Kier molecular flexibility index (Phi) is 12.6. The average molecular weight is 569 g/mol. The van der Waals surface area contributed by atoms with Crippen molar-refractivity contribution in [1.29, 1.82) is 0 Å². The van der Waals surface area contributed by atoms with Crippen molar-refractivity contribution >= 4 is 5.97 Å². The Morgan fingerprint density at radius 3 is 0.927 bits per heavy atom. The number of hydrogen-bond acceptors (Lipinski definition) is 3. The highest BCUT2D eigenvalue weighted by Gasteiger charge is 2.27. The van der Waals surface area contributed by atoms with E-state index in [1.54, 1.807) is 6.92 Å². The van der Waals surface area contributed by atoms with Crippen molar-refractivity contribution in [3.8, 4) is 11.5 Å². The van der Waals surface area contributed by atoms with Crippen LogP contribution >= 0.6 is 0 Å². The Morgan fingerprint density at radius 2 is 0.756 bits per heavy atom. The van der Waals surface area contributed by atoms with Crippen molar-refractivity contribution in [2.24, 2.45) is 0 Å². The zero-order chi connectivity index (χ0) is 32.0. The minimum Gasteiger partial charge on any atom is -0.507 e. The highest BCUT2D eigenvalue weighted by atomic mass is 16.4. The molecule has 0 radical (unpaired) electrons. The fraction of sp³-hybridized carbons (Fsp3) is 0.649. The molecule has 0 aliphatic carbocycles. The van der Waals surface area contributed by atoms with E-state index in [1.165, 1.54) is 24.0 Å². The molecular weight excluding hydrogens is 508 g/mol. The fourth-order valence-corrected chi connectivity index (χ4v) is 4.98. The second-order valence-corrected chi connectivity index (χ2v) is 15.7. The van der Waals surface area contributed by atoms with Gasteiger partial charge in [-0.3, -0.25) is 4.79 Å². The SMILES string of the molecule is CC(C)(C)c1cc(CCCCCCc2cc(C(C)(C)C)c(O)c(C(C)(C)C)c2)cc(C(C)(C)C)c1O.CCC(=O)O. The summed E-state index contributed by atoms with van der Waals surface area (Å²) in [5.41, 5.74) is 6.58. The normalized spacial score (nSPS) is 12.6. The summed E-state index contributed by atoms with van der Waals surface area (Å²) in [6.45, 7) is 27.7. The Morgan fingerprint density at radius 1 is 0.537 bits per heavy atom. The summed E-state index contributed by atoms with van der Waals surface area (Å²) in [5.74, 6) is 0.193. The lowest BCUT2D eigenvalue weighted by molar-refractivity contribution is -0.136. The van der Waals surface area contributed by atoms with Crippen LogP contribution in [0.2, 0.25) is 0 Å². The van der Waals surface area contributed by atoms with Crippen LogP contribution in [-0.2, 0) is 39.3 Å². The number of aryl methyl sites for hydroxylation is 2. The second kappa shape index (κ2) is 14.1. The first-order valence-corrected chi connectivity index (χ1v) is 15.5.